The summed E-state index contributed by atoms with van der Waals surface area (Å²) in [6, 6.07) is 25.4. The Kier molecular flexibility index (Phi) is 10.2. The molecule has 0 bridgehead atoms. The van der Waals surface area contributed by atoms with E-state index in [-0.39, 0.29) is 23.2 Å². The van der Waals surface area contributed by atoms with Crippen LogP contribution in [0.3, 0.4) is 0 Å². The fourth-order valence-electron chi connectivity index (χ4n) is 8.80. The predicted molar refractivity (Wildman–Crippen MR) is 219 cm³/mol. The number of benzene rings is 3. The van der Waals surface area contributed by atoms with Crippen LogP contribution < -0.4 is 26.2 Å². The average Bonchev–Trinajstić information content (AvgIpc) is 3.93. The first-order valence-electron chi connectivity index (χ1n) is 19.7. The van der Waals surface area contributed by atoms with Crippen molar-refractivity contribution in [1.29, 1.82) is 0 Å². The van der Waals surface area contributed by atoms with Gasteiger partial charge in [-0.25, -0.2) is 9.97 Å². The summed E-state index contributed by atoms with van der Waals surface area (Å²) in [5.74, 6) is 1.62. The zero-order valence-electron chi connectivity index (χ0n) is 31.0. The van der Waals surface area contributed by atoms with Gasteiger partial charge in [-0.2, -0.15) is 17.6 Å². The summed E-state index contributed by atoms with van der Waals surface area (Å²) in [6.07, 6.45) is 9.71. The van der Waals surface area contributed by atoms with E-state index in [2.05, 4.69) is 95.2 Å². The number of imide groups is 1. The van der Waals surface area contributed by atoms with Crippen LogP contribution in [-0.2, 0) is 22.7 Å². The lowest BCUT2D eigenvalue weighted by Gasteiger charge is -2.34. The number of nitrogens with one attached hydrogen (secondary N) is 4. The number of piperidine rings is 2. The molecule has 4 N–H and O–H groups in total. The minimum Gasteiger partial charge on any atom is -0.372 e. The molecule has 5 aromatic rings. The van der Waals surface area contributed by atoms with Crippen LogP contribution in [-0.4, -0.2) is 61.9 Å². The molecule has 4 aliphatic rings. The number of carbonyl (C=O) groups is 2. The van der Waals surface area contributed by atoms with E-state index in [1.807, 2.05) is 24.4 Å². The number of amides is 2. The van der Waals surface area contributed by atoms with Crippen molar-refractivity contribution in [2.45, 2.75) is 81.9 Å². The molecule has 1 aliphatic carbocycles. The van der Waals surface area contributed by atoms with Crippen molar-refractivity contribution >= 4 is 64.6 Å². The van der Waals surface area contributed by atoms with Gasteiger partial charge in [0.2, 0.25) is 23.7 Å². The quantitative estimate of drug-likeness (QED) is 0.0711. The first-order chi connectivity index (χ1) is 26.9. The topological polar surface area (TPSA) is 132 Å². The van der Waals surface area contributed by atoms with Crippen molar-refractivity contribution in [1.82, 2.24) is 35.1 Å². The van der Waals surface area contributed by atoms with Gasteiger partial charge in [-0.1, -0.05) is 49.2 Å². The molecule has 3 aliphatic heterocycles. The zero-order valence-corrected chi connectivity index (χ0v) is 31.8. The number of anilines is 5. The summed E-state index contributed by atoms with van der Waals surface area (Å²) in [5, 5.41) is 13.0. The smallest absolute Gasteiger partial charge is 0.243 e. The number of hydrogen-bond donors (Lipinski definition) is 5. The van der Waals surface area contributed by atoms with Gasteiger partial charge >= 0.3 is 0 Å². The summed E-state index contributed by atoms with van der Waals surface area (Å²) < 4.78 is 2.27. The molecule has 5 heterocycles. The van der Waals surface area contributed by atoms with Crippen molar-refractivity contribution in [3.8, 4) is 0 Å². The highest BCUT2D eigenvalue weighted by Crippen LogP contribution is 2.40. The molecule has 13 heteroatoms. The molecule has 55 heavy (non-hydrogen) atoms. The normalized spacial score (nSPS) is 20.9. The van der Waals surface area contributed by atoms with Gasteiger partial charge < -0.3 is 20.9 Å². The SMILES string of the molecule is O=C1CCC(N2Cc3cc(CNCC4CCN(c5ccc(Nc6ncc7nc(Nc8ccccc8)n(C8CCCC8)c7n6)cc5)CC4)ccc3C2S)C(=O)N1. The summed E-state index contributed by atoms with van der Waals surface area (Å²) in [7, 11) is 0. The molecule has 2 atom stereocenters. The number of thiol groups is 1. The van der Waals surface area contributed by atoms with Crippen molar-refractivity contribution in [3.63, 3.8) is 0 Å². The monoisotopic (exact) mass is 756 g/mol. The molecule has 12 nitrogen and oxygen atoms in total. The fourth-order valence-corrected chi connectivity index (χ4v) is 9.29. The van der Waals surface area contributed by atoms with Crippen LogP contribution in [0.1, 0.15) is 79.5 Å². The number of hydrogen-bond acceptors (Lipinski definition) is 11. The number of aromatic nitrogens is 4. The molecule has 2 amide bonds. The summed E-state index contributed by atoms with van der Waals surface area (Å²) in [6.45, 7) is 4.52. The summed E-state index contributed by atoms with van der Waals surface area (Å²) in [5.41, 5.74) is 8.44. The first kappa shape index (κ1) is 35.7. The molecule has 1 saturated carbocycles. The third-order valence-corrected chi connectivity index (χ3v) is 12.4. The number of para-hydroxylation sites is 1. The molecule has 9 rings (SSSR count). The van der Waals surface area contributed by atoms with E-state index in [4.69, 9.17) is 22.6 Å². The number of fused-ring (bicyclic) bond motifs is 2. The van der Waals surface area contributed by atoms with Crippen LogP contribution in [0.15, 0.2) is 79.0 Å². The molecule has 2 unspecified atom stereocenters. The van der Waals surface area contributed by atoms with Crippen molar-refractivity contribution in [3.05, 3.63) is 95.7 Å². The third-order valence-electron chi connectivity index (χ3n) is 11.8. The van der Waals surface area contributed by atoms with Gasteiger partial charge in [-0.05, 0) is 97.7 Å². The standard InChI is InChI=1S/C42H48N10O2S/c53-37-17-16-36(39(54)48-37)51-26-29-22-28(10-15-34(29)40(51)55)24-43-23-27-18-20-50(21-19-27)32-13-11-31(12-14-32)45-41-44-25-35-38(49-41)52(33-8-4-5-9-33)42(47-35)46-30-6-2-1-3-7-30/h1-3,6-7,10-15,22,25,27,33,36,40,43,55H,4-5,8-9,16-21,23-24,26H2,(H,46,47)(H,44,45,49)(H,48,53,54). The second-order valence-corrected chi connectivity index (χ2v) is 15.9. The minimum atomic E-state index is -0.319. The van der Waals surface area contributed by atoms with E-state index >= 15 is 0 Å². The largest absolute Gasteiger partial charge is 0.372 e. The van der Waals surface area contributed by atoms with Gasteiger partial charge in [-0.3, -0.25) is 24.4 Å². The van der Waals surface area contributed by atoms with Crippen molar-refractivity contribution < 1.29 is 9.59 Å². The molecule has 2 aromatic heterocycles. The lowest BCUT2D eigenvalue weighted by molar-refractivity contribution is -0.137. The highest BCUT2D eigenvalue weighted by Gasteiger charge is 2.39. The Hall–Kier alpha value is -4.98. The number of imidazole rings is 1. The molecule has 0 spiro atoms. The average molecular weight is 757 g/mol. The van der Waals surface area contributed by atoms with Gasteiger partial charge in [0.25, 0.3) is 0 Å². The Labute approximate surface area is 326 Å². The Morgan fingerprint density at radius 2 is 1.64 bits per heavy atom. The van der Waals surface area contributed by atoms with Crippen LogP contribution in [0, 0.1) is 5.92 Å². The maximum Gasteiger partial charge on any atom is 0.243 e. The molecular formula is C42H48N10O2S. The lowest BCUT2D eigenvalue weighted by Crippen LogP contribution is -2.51. The van der Waals surface area contributed by atoms with Crippen LogP contribution in [0.4, 0.5) is 29.0 Å². The lowest BCUT2D eigenvalue weighted by atomic mass is 9.96. The Bertz CT molecular complexity index is 2160. The third kappa shape index (κ3) is 7.65. The Morgan fingerprint density at radius 3 is 2.42 bits per heavy atom. The molecule has 2 saturated heterocycles. The Balaban J connectivity index is 0.768. The molecular weight excluding hydrogens is 709 g/mol. The van der Waals surface area contributed by atoms with Gasteiger partial charge in [0.15, 0.2) is 5.65 Å². The van der Waals surface area contributed by atoms with E-state index in [9.17, 15) is 9.59 Å². The van der Waals surface area contributed by atoms with E-state index in [0.717, 1.165) is 85.9 Å². The molecule has 3 fully saturated rings. The van der Waals surface area contributed by atoms with Gasteiger partial charge in [0, 0.05) is 55.7 Å². The van der Waals surface area contributed by atoms with Gasteiger partial charge in [0.05, 0.1) is 17.6 Å². The molecule has 3 aromatic carbocycles. The second-order valence-electron chi connectivity index (χ2n) is 15.4. The highest BCUT2D eigenvalue weighted by molar-refractivity contribution is 7.80. The number of carbonyl (C=O) groups excluding carboxylic acids is 2. The van der Waals surface area contributed by atoms with Gasteiger partial charge in [0.1, 0.15) is 5.52 Å². The Morgan fingerprint density at radius 1 is 0.855 bits per heavy atom. The van der Waals surface area contributed by atoms with Crippen molar-refractivity contribution in [2.75, 3.05) is 35.2 Å². The van der Waals surface area contributed by atoms with Crippen LogP contribution in [0.2, 0.25) is 0 Å². The maximum absolute atomic E-state index is 12.5. The van der Waals surface area contributed by atoms with E-state index < -0.39 is 0 Å². The zero-order chi connectivity index (χ0) is 37.3. The fraction of sp³-hybridized carbons (Fsp3) is 0.405. The summed E-state index contributed by atoms with van der Waals surface area (Å²) >= 11 is 4.84. The van der Waals surface area contributed by atoms with Gasteiger partial charge in [-0.15, -0.1) is 0 Å². The molecule has 0 radical (unpaired) electrons. The van der Waals surface area contributed by atoms with Crippen molar-refractivity contribution in [2.24, 2.45) is 5.92 Å². The number of nitrogens with zero attached hydrogens (tertiary/aromatic N) is 6. The molecule has 284 valence electrons. The summed E-state index contributed by atoms with van der Waals surface area (Å²) in [4.78, 5) is 43.2. The van der Waals surface area contributed by atoms with Crippen LogP contribution in [0.5, 0.6) is 0 Å². The maximum atomic E-state index is 12.5. The predicted octanol–water partition coefficient (Wildman–Crippen LogP) is 6.98. The second kappa shape index (κ2) is 15.6. The highest BCUT2D eigenvalue weighted by atomic mass is 32.1. The number of rotatable bonds is 11. The van der Waals surface area contributed by atoms with E-state index in [1.165, 1.54) is 29.7 Å². The minimum absolute atomic E-state index is 0.141. The van der Waals surface area contributed by atoms with Crippen LogP contribution >= 0.6 is 12.6 Å². The van der Waals surface area contributed by atoms with Crippen LogP contribution in [0.25, 0.3) is 11.2 Å². The van der Waals surface area contributed by atoms with E-state index in [1.54, 1.807) is 0 Å². The van der Waals surface area contributed by atoms with E-state index in [0.29, 0.717) is 37.3 Å². The first-order valence-corrected chi connectivity index (χ1v) is 20.3.